The lowest BCUT2D eigenvalue weighted by atomic mass is 9.88. The summed E-state index contributed by atoms with van der Waals surface area (Å²) in [5.41, 5.74) is 3.56. The minimum atomic E-state index is -1.19. The van der Waals surface area contributed by atoms with Gasteiger partial charge in [-0.25, -0.2) is 14.3 Å². The number of carbonyl (C=O) groups excluding carboxylic acids is 2. The van der Waals surface area contributed by atoms with E-state index in [1.807, 2.05) is 43.7 Å². The van der Waals surface area contributed by atoms with Crippen LogP contribution in [0.15, 0.2) is 30.7 Å². The lowest BCUT2D eigenvalue weighted by molar-refractivity contribution is -0.268. The van der Waals surface area contributed by atoms with Crippen molar-refractivity contribution in [3.63, 3.8) is 0 Å². The fourth-order valence-corrected chi connectivity index (χ4v) is 4.16. The second-order valence-electron chi connectivity index (χ2n) is 7.40. The number of amides is 2. The third-order valence-corrected chi connectivity index (χ3v) is 6.02. The van der Waals surface area contributed by atoms with Crippen LogP contribution in [0.3, 0.4) is 0 Å². The summed E-state index contributed by atoms with van der Waals surface area (Å²) in [5.74, 6) is 0.0326. The van der Waals surface area contributed by atoms with Crippen molar-refractivity contribution in [2.24, 2.45) is 0 Å². The van der Waals surface area contributed by atoms with E-state index in [1.54, 1.807) is 26.4 Å². The van der Waals surface area contributed by atoms with Gasteiger partial charge in [-0.05, 0) is 32.9 Å². The Labute approximate surface area is 159 Å². The number of carbonyl (C=O) groups is 2. The Morgan fingerprint density at radius 2 is 2.11 bits per heavy atom. The van der Waals surface area contributed by atoms with Gasteiger partial charge in [0.2, 0.25) is 0 Å². The number of aromatic nitrogens is 2. The van der Waals surface area contributed by atoms with Crippen molar-refractivity contribution >= 4 is 17.7 Å². The SMILES string of the molecule is CCN(C(=O)[O-])[C@@H]1C[C@H](C)[N+](C)(C(C)=O)c2ccc(-n3cncc3C)cc21. The van der Waals surface area contributed by atoms with Crippen LogP contribution in [-0.2, 0) is 4.79 Å². The molecule has 1 aliphatic heterocycles. The van der Waals surface area contributed by atoms with Gasteiger partial charge in [-0.15, -0.1) is 0 Å². The van der Waals surface area contributed by atoms with Crippen molar-refractivity contribution in [2.75, 3.05) is 13.6 Å². The minimum absolute atomic E-state index is 0.0326. The minimum Gasteiger partial charge on any atom is -0.530 e. The first-order chi connectivity index (χ1) is 12.7. The zero-order valence-electron chi connectivity index (χ0n) is 16.5. The van der Waals surface area contributed by atoms with Gasteiger partial charge >= 0.3 is 5.91 Å². The van der Waals surface area contributed by atoms with Gasteiger partial charge in [-0.3, -0.25) is 0 Å². The van der Waals surface area contributed by atoms with E-state index in [0.29, 0.717) is 13.0 Å². The molecule has 0 bridgehead atoms. The maximum atomic E-state index is 12.6. The summed E-state index contributed by atoms with van der Waals surface area (Å²) in [5, 5.41) is 11.7. The van der Waals surface area contributed by atoms with Crippen LogP contribution in [0.4, 0.5) is 10.5 Å². The molecule has 0 fully saturated rings. The van der Waals surface area contributed by atoms with Crippen LogP contribution < -0.4 is 9.59 Å². The average molecular weight is 370 g/mol. The Morgan fingerprint density at radius 1 is 1.41 bits per heavy atom. The molecule has 1 aromatic heterocycles. The molecular formula is C20H26N4O3. The van der Waals surface area contributed by atoms with E-state index in [1.165, 1.54) is 4.90 Å². The van der Waals surface area contributed by atoms with Gasteiger partial charge in [0.15, 0.2) is 0 Å². The number of nitrogens with zero attached hydrogens (tertiary/aromatic N) is 4. The van der Waals surface area contributed by atoms with Crippen LogP contribution in [0.5, 0.6) is 0 Å². The Morgan fingerprint density at radius 3 is 2.63 bits per heavy atom. The third-order valence-electron chi connectivity index (χ3n) is 6.02. The molecule has 1 unspecified atom stereocenters. The van der Waals surface area contributed by atoms with E-state index < -0.39 is 6.09 Å². The summed E-state index contributed by atoms with van der Waals surface area (Å²) >= 11 is 0. The Bertz CT molecular complexity index is 891. The topological polar surface area (TPSA) is 78.3 Å². The van der Waals surface area contributed by atoms with Crippen molar-refractivity contribution in [3.05, 3.63) is 42.0 Å². The van der Waals surface area contributed by atoms with Crippen molar-refractivity contribution in [3.8, 4) is 5.69 Å². The van der Waals surface area contributed by atoms with Gasteiger partial charge in [0, 0.05) is 42.2 Å². The van der Waals surface area contributed by atoms with E-state index in [9.17, 15) is 14.7 Å². The lowest BCUT2D eigenvalue weighted by Crippen LogP contribution is -2.60. The molecule has 7 nitrogen and oxygen atoms in total. The summed E-state index contributed by atoms with van der Waals surface area (Å²) in [6.45, 7) is 7.68. The summed E-state index contributed by atoms with van der Waals surface area (Å²) < 4.78 is 2.10. The highest BCUT2D eigenvalue weighted by Gasteiger charge is 2.47. The van der Waals surface area contributed by atoms with Crippen LogP contribution in [0, 0.1) is 6.92 Å². The summed E-state index contributed by atoms with van der Waals surface area (Å²) in [4.78, 5) is 29.8. The molecule has 0 N–H and O–H groups in total. The quantitative estimate of drug-likeness (QED) is 0.776. The highest BCUT2D eigenvalue weighted by atomic mass is 16.4. The second-order valence-corrected chi connectivity index (χ2v) is 7.40. The fourth-order valence-electron chi connectivity index (χ4n) is 4.16. The normalized spacial score (nSPS) is 24.3. The fraction of sp³-hybridized carbons (Fsp3) is 0.450. The largest absolute Gasteiger partial charge is 0.530 e. The van der Waals surface area contributed by atoms with Gasteiger partial charge in [0.05, 0.1) is 32.4 Å². The van der Waals surface area contributed by atoms with Crippen LogP contribution in [0.1, 0.15) is 44.5 Å². The first kappa shape index (κ1) is 19.1. The van der Waals surface area contributed by atoms with E-state index >= 15 is 0 Å². The zero-order valence-corrected chi connectivity index (χ0v) is 16.5. The standard InChI is InChI=1S/C20H26N4O3/c1-6-22(20(26)27)18-9-14(3)24(5,15(4)25)19-8-7-16(10-17(18)19)23-12-21-11-13(23)2/h7-8,10-12,14,18H,6,9H2,1-5H3/t14-,18+,24?/m0/s1. The summed E-state index contributed by atoms with van der Waals surface area (Å²) in [7, 11) is 1.90. The van der Waals surface area contributed by atoms with Crippen molar-refractivity contribution in [1.82, 2.24) is 18.9 Å². The molecule has 1 aliphatic rings. The lowest BCUT2D eigenvalue weighted by Gasteiger charge is -2.46. The molecule has 0 spiro atoms. The molecule has 7 heteroatoms. The first-order valence-electron chi connectivity index (χ1n) is 9.20. The molecule has 0 saturated carbocycles. The van der Waals surface area contributed by atoms with E-state index in [4.69, 9.17) is 0 Å². The molecule has 0 radical (unpaired) electrons. The molecule has 2 heterocycles. The van der Waals surface area contributed by atoms with Gasteiger partial charge in [0.1, 0.15) is 11.8 Å². The Balaban J connectivity index is 2.24. The molecule has 3 atom stereocenters. The highest BCUT2D eigenvalue weighted by Crippen LogP contribution is 2.44. The predicted molar refractivity (Wildman–Crippen MR) is 101 cm³/mol. The van der Waals surface area contributed by atoms with Crippen LogP contribution in [-0.4, -0.2) is 46.1 Å². The number of imidazole rings is 1. The number of hydrogen-bond donors (Lipinski definition) is 0. The Hall–Kier alpha value is -2.67. The first-order valence-corrected chi connectivity index (χ1v) is 9.20. The number of rotatable bonds is 3. The van der Waals surface area contributed by atoms with E-state index in [2.05, 4.69) is 4.98 Å². The van der Waals surface area contributed by atoms with Gasteiger partial charge in [-0.2, -0.15) is 0 Å². The monoisotopic (exact) mass is 370 g/mol. The predicted octanol–water partition coefficient (Wildman–Crippen LogP) is 2.16. The van der Waals surface area contributed by atoms with E-state index in [-0.39, 0.29) is 22.5 Å². The number of benzene rings is 1. The van der Waals surface area contributed by atoms with Gasteiger partial charge in [0.25, 0.3) is 0 Å². The summed E-state index contributed by atoms with van der Waals surface area (Å²) in [6, 6.07) is 5.48. The van der Waals surface area contributed by atoms with Crippen molar-refractivity contribution in [1.29, 1.82) is 0 Å². The molecule has 144 valence electrons. The molecule has 1 aromatic carbocycles. The van der Waals surface area contributed by atoms with Crippen molar-refractivity contribution < 1.29 is 14.7 Å². The number of hydrogen-bond acceptors (Lipinski definition) is 4. The Kier molecular flexibility index (Phi) is 4.82. The van der Waals surface area contributed by atoms with Crippen LogP contribution in [0.2, 0.25) is 0 Å². The molecule has 2 amide bonds. The molecule has 2 aromatic rings. The van der Waals surface area contributed by atoms with Crippen LogP contribution in [0.25, 0.3) is 5.69 Å². The van der Waals surface area contributed by atoms with Crippen LogP contribution >= 0.6 is 0 Å². The molecule has 3 rings (SSSR count). The zero-order chi connectivity index (χ0) is 19.9. The second kappa shape index (κ2) is 6.81. The maximum Gasteiger partial charge on any atom is 0.315 e. The number of fused-ring (bicyclic) bond motifs is 1. The molecular weight excluding hydrogens is 344 g/mol. The number of aryl methyl sites for hydroxylation is 1. The highest BCUT2D eigenvalue weighted by molar-refractivity contribution is 5.88. The third kappa shape index (κ3) is 2.92. The van der Waals surface area contributed by atoms with E-state index in [0.717, 1.165) is 22.6 Å². The molecule has 0 aliphatic carbocycles. The smallest absolute Gasteiger partial charge is 0.315 e. The van der Waals surface area contributed by atoms with Gasteiger partial charge in [-0.1, -0.05) is 0 Å². The summed E-state index contributed by atoms with van der Waals surface area (Å²) in [6.07, 6.45) is 2.86. The molecule has 0 saturated heterocycles. The molecule has 27 heavy (non-hydrogen) atoms. The maximum absolute atomic E-state index is 12.6. The number of carboxylic acid groups (broad SMARTS) is 1. The van der Waals surface area contributed by atoms with Crippen molar-refractivity contribution in [2.45, 2.75) is 46.2 Å². The van der Waals surface area contributed by atoms with Gasteiger partial charge < -0.3 is 19.4 Å². The average Bonchev–Trinajstić information content (AvgIpc) is 3.04. The number of quaternary nitrogens is 1.